The van der Waals surface area contributed by atoms with Gasteiger partial charge in [-0.15, -0.1) is 0 Å². The van der Waals surface area contributed by atoms with Crippen LogP contribution in [-0.2, 0) is 27.6 Å². The monoisotopic (exact) mass is 472 g/mol. The quantitative estimate of drug-likeness (QED) is 0.459. The van der Waals surface area contributed by atoms with Gasteiger partial charge in [0.25, 0.3) is 5.91 Å². The van der Waals surface area contributed by atoms with Gasteiger partial charge in [0, 0.05) is 7.05 Å². The Hall–Kier alpha value is -3.68. The van der Waals surface area contributed by atoms with Crippen LogP contribution >= 0.6 is 0 Å². The van der Waals surface area contributed by atoms with Gasteiger partial charge in [-0.1, -0.05) is 66.7 Å². The van der Waals surface area contributed by atoms with Crippen molar-refractivity contribution in [3.63, 3.8) is 0 Å². The van der Waals surface area contributed by atoms with Crippen LogP contribution in [0.25, 0.3) is 0 Å². The molecular formula is C28H28N2O5. The normalized spacial score (nSPS) is 21.9. The van der Waals surface area contributed by atoms with Crippen LogP contribution in [-0.4, -0.2) is 41.5 Å². The van der Waals surface area contributed by atoms with Crippen molar-refractivity contribution < 1.29 is 23.9 Å². The Labute approximate surface area is 204 Å². The van der Waals surface area contributed by atoms with Gasteiger partial charge >= 0.3 is 0 Å². The summed E-state index contributed by atoms with van der Waals surface area (Å²) < 4.78 is 11.9. The number of ether oxygens (including phenoxy) is 2. The first-order valence-corrected chi connectivity index (χ1v) is 11.8. The average Bonchev–Trinajstić information content (AvgIpc) is 3.33. The second-order valence-electron chi connectivity index (χ2n) is 8.70. The molecule has 0 aromatic heterocycles. The van der Waals surface area contributed by atoms with Crippen LogP contribution in [0.1, 0.15) is 29.7 Å². The van der Waals surface area contributed by atoms with Gasteiger partial charge in [0.1, 0.15) is 6.61 Å². The fourth-order valence-electron chi connectivity index (χ4n) is 4.78. The first-order valence-electron chi connectivity index (χ1n) is 11.8. The Bertz CT molecular complexity index is 1200. The minimum Gasteiger partial charge on any atom is -0.490 e. The molecule has 0 bridgehead atoms. The Kier molecular flexibility index (Phi) is 6.53. The van der Waals surface area contributed by atoms with E-state index in [2.05, 4.69) is 0 Å². The molecule has 2 amide bonds. The molecule has 0 spiro atoms. The van der Waals surface area contributed by atoms with Crippen molar-refractivity contribution in [2.45, 2.75) is 32.2 Å². The number of carbonyl (C=O) groups excluding carboxylic acids is 2. The zero-order valence-electron chi connectivity index (χ0n) is 19.8. The van der Waals surface area contributed by atoms with Crippen LogP contribution in [0.2, 0.25) is 0 Å². The Morgan fingerprint density at radius 1 is 0.829 bits per heavy atom. The number of hydroxylamine groups is 2. The van der Waals surface area contributed by atoms with E-state index in [1.807, 2.05) is 85.8 Å². The van der Waals surface area contributed by atoms with Gasteiger partial charge in [-0.05, 0) is 35.7 Å². The molecule has 7 nitrogen and oxygen atoms in total. The summed E-state index contributed by atoms with van der Waals surface area (Å²) in [6, 6.07) is 24.6. The SMILES string of the molecule is CCOc1cc([C@@H]2[C@@H]3C(=O)N(Cc4ccccc4)C(=O)[C@H]3ON2C)ccc1OCc1ccccc1. The smallest absolute Gasteiger partial charge is 0.261 e. The highest BCUT2D eigenvalue weighted by atomic mass is 16.7. The summed E-state index contributed by atoms with van der Waals surface area (Å²) in [5.74, 6) is 0.0705. The predicted octanol–water partition coefficient (Wildman–Crippen LogP) is 4.14. The highest BCUT2D eigenvalue weighted by molar-refractivity contribution is 6.07. The fraction of sp³-hybridized carbons (Fsp3) is 0.286. The molecular weight excluding hydrogens is 444 g/mol. The molecule has 2 saturated heterocycles. The predicted molar refractivity (Wildman–Crippen MR) is 129 cm³/mol. The molecule has 0 saturated carbocycles. The number of amides is 2. The average molecular weight is 473 g/mol. The molecule has 3 aromatic carbocycles. The second-order valence-corrected chi connectivity index (χ2v) is 8.70. The van der Waals surface area contributed by atoms with Gasteiger partial charge in [-0.2, -0.15) is 5.06 Å². The molecule has 5 rings (SSSR count). The maximum Gasteiger partial charge on any atom is 0.261 e. The Morgan fingerprint density at radius 3 is 2.20 bits per heavy atom. The molecule has 3 aromatic rings. The zero-order valence-corrected chi connectivity index (χ0v) is 19.8. The highest BCUT2D eigenvalue weighted by Crippen LogP contribution is 2.45. The van der Waals surface area contributed by atoms with E-state index in [0.29, 0.717) is 24.7 Å². The van der Waals surface area contributed by atoms with Crippen molar-refractivity contribution in [1.29, 1.82) is 0 Å². The summed E-state index contributed by atoms with van der Waals surface area (Å²) in [5, 5.41) is 1.61. The molecule has 7 heteroatoms. The summed E-state index contributed by atoms with van der Waals surface area (Å²) in [5.41, 5.74) is 2.79. The topological polar surface area (TPSA) is 68.3 Å². The lowest BCUT2D eigenvalue weighted by atomic mass is 9.91. The molecule has 0 unspecified atom stereocenters. The molecule has 0 aliphatic carbocycles. The lowest BCUT2D eigenvalue weighted by Gasteiger charge is -2.25. The largest absolute Gasteiger partial charge is 0.490 e. The van der Waals surface area contributed by atoms with E-state index < -0.39 is 18.1 Å². The summed E-state index contributed by atoms with van der Waals surface area (Å²) in [6.45, 7) is 3.03. The number of hydrogen-bond donors (Lipinski definition) is 0. The number of benzene rings is 3. The standard InChI is InChI=1S/C28H28N2O5/c1-3-33-23-16-21(14-15-22(23)34-18-20-12-8-5-9-13-20)25-24-26(35-29(25)2)28(32)30(27(24)31)17-19-10-6-4-7-11-19/h4-16,24-26H,3,17-18H2,1-2H3/t24-,25+,26-/m0/s1. The van der Waals surface area contributed by atoms with E-state index in [1.54, 1.807) is 12.1 Å². The van der Waals surface area contributed by atoms with E-state index in [-0.39, 0.29) is 18.4 Å². The third kappa shape index (κ3) is 4.52. The molecule has 3 atom stereocenters. The Balaban J connectivity index is 1.39. The van der Waals surface area contributed by atoms with Gasteiger partial charge in [-0.3, -0.25) is 19.3 Å². The van der Waals surface area contributed by atoms with Crippen molar-refractivity contribution in [3.8, 4) is 11.5 Å². The van der Waals surface area contributed by atoms with Crippen molar-refractivity contribution in [2.75, 3.05) is 13.7 Å². The van der Waals surface area contributed by atoms with E-state index in [4.69, 9.17) is 14.3 Å². The summed E-state index contributed by atoms with van der Waals surface area (Å²) in [4.78, 5) is 33.7. The first kappa shape index (κ1) is 23.1. The van der Waals surface area contributed by atoms with Crippen molar-refractivity contribution in [1.82, 2.24) is 9.96 Å². The highest BCUT2D eigenvalue weighted by Gasteiger charge is 2.58. The van der Waals surface area contributed by atoms with E-state index in [9.17, 15) is 9.59 Å². The fourth-order valence-corrected chi connectivity index (χ4v) is 4.78. The third-order valence-corrected chi connectivity index (χ3v) is 6.43. The molecule has 2 heterocycles. The maximum atomic E-state index is 13.4. The second kappa shape index (κ2) is 9.90. The number of nitrogens with zero attached hydrogens (tertiary/aromatic N) is 2. The number of likely N-dealkylation sites (tertiary alicyclic amines) is 1. The van der Waals surface area contributed by atoms with Crippen LogP contribution < -0.4 is 9.47 Å². The van der Waals surface area contributed by atoms with Crippen LogP contribution in [0.4, 0.5) is 0 Å². The van der Waals surface area contributed by atoms with Gasteiger partial charge in [0.05, 0.1) is 25.1 Å². The first-order chi connectivity index (χ1) is 17.1. The molecule has 0 N–H and O–H groups in total. The zero-order chi connectivity index (χ0) is 24.4. The number of rotatable bonds is 8. The minimum atomic E-state index is -0.828. The number of fused-ring (bicyclic) bond motifs is 1. The van der Waals surface area contributed by atoms with Gasteiger partial charge in [0.2, 0.25) is 5.91 Å². The van der Waals surface area contributed by atoms with Crippen molar-refractivity contribution in [2.24, 2.45) is 5.92 Å². The lowest BCUT2D eigenvalue weighted by molar-refractivity contribution is -0.170. The van der Waals surface area contributed by atoms with Gasteiger partial charge in [-0.25, -0.2) is 0 Å². The van der Waals surface area contributed by atoms with E-state index in [1.165, 1.54) is 4.90 Å². The summed E-state index contributed by atoms with van der Waals surface area (Å²) >= 11 is 0. The number of carbonyl (C=O) groups is 2. The van der Waals surface area contributed by atoms with Gasteiger partial charge in [0.15, 0.2) is 17.6 Å². The molecule has 0 radical (unpaired) electrons. The van der Waals surface area contributed by atoms with Crippen molar-refractivity contribution >= 4 is 11.8 Å². The summed E-state index contributed by atoms with van der Waals surface area (Å²) in [7, 11) is 1.76. The molecule has 2 fully saturated rings. The minimum absolute atomic E-state index is 0.222. The van der Waals surface area contributed by atoms with Gasteiger partial charge < -0.3 is 9.47 Å². The van der Waals surface area contributed by atoms with E-state index in [0.717, 1.165) is 16.7 Å². The Morgan fingerprint density at radius 2 is 1.51 bits per heavy atom. The molecule has 2 aliphatic heterocycles. The van der Waals surface area contributed by atoms with Crippen LogP contribution in [0.3, 0.4) is 0 Å². The van der Waals surface area contributed by atoms with Crippen LogP contribution in [0.5, 0.6) is 11.5 Å². The van der Waals surface area contributed by atoms with Crippen molar-refractivity contribution in [3.05, 3.63) is 95.6 Å². The van der Waals surface area contributed by atoms with E-state index >= 15 is 0 Å². The van der Waals surface area contributed by atoms with Crippen LogP contribution in [0, 0.1) is 5.92 Å². The molecule has 2 aliphatic rings. The maximum absolute atomic E-state index is 13.4. The molecule has 180 valence electrons. The number of imide groups is 1. The summed E-state index contributed by atoms with van der Waals surface area (Å²) in [6.07, 6.45) is -0.828. The molecule has 35 heavy (non-hydrogen) atoms. The third-order valence-electron chi connectivity index (χ3n) is 6.43. The van der Waals surface area contributed by atoms with Crippen LogP contribution in [0.15, 0.2) is 78.9 Å². The lowest BCUT2D eigenvalue weighted by Crippen LogP contribution is -2.35. The number of hydrogen-bond acceptors (Lipinski definition) is 6.